The maximum absolute atomic E-state index is 10.9. The van der Waals surface area contributed by atoms with Gasteiger partial charge in [0.05, 0.1) is 0 Å². The lowest BCUT2D eigenvalue weighted by atomic mass is 10.0. The predicted octanol–water partition coefficient (Wildman–Crippen LogP) is -0.680. The number of amides is 1. The highest BCUT2D eigenvalue weighted by molar-refractivity contribution is 8.15. The fourth-order valence-electron chi connectivity index (χ4n) is 0.885. The van der Waals surface area contributed by atoms with Crippen molar-refractivity contribution in [3.05, 3.63) is 0 Å². The monoisotopic (exact) mass is 173 g/mol. The van der Waals surface area contributed by atoms with Crippen LogP contribution in [0.1, 0.15) is 6.42 Å². The Labute approximate surface area is 67.5 Å². The maximum Gasteiger partial charge on any atom is 0.255 e. The summed E-state index contributed by atoms with van der Waals surface area (Å²) in [5, 5.41) is -0.542. The van der Waals surface area contributed by atoms with Gasteiger partial charge in [-0.05, 0) is 6.42 Å². The summed E-state index contributed by atoms with van der Waals surface area (Å²) in [4.78, 5) is 32.2. The van der Waals surface area contributed by atoms with Crippen molar-refractivity contribution in [3.8, 4) is 0 Å². The van der Waals surface area contributed by atoms with Crippen molar-refractivity contribution in [2.45, 2.75) is 6.42 Å². The minimum Gasteiger partial charge on any atom is -0.369 e. The van der Waals surface area contributed by atoms with Crippen LogP contribution in [-0.4, -0.2) is 22.6 Å². The van der Waals surface area contributed by atoms with E-state index in [2.05, 4.69) is 0 Å². The van der Waals surface area contributed by atoms with Crippen LogP contribution in [-0.2, 0) is 14.4 Å². The molecule has 1 rings (SSSR count). The first-order chi connectivity index (χ1) is 5.13. The molecule has 1 unspecified atom stereocenters. The van der Waals surface area contributed by atoms with Gasteiger partial charge in [0.1, 0.15) is 5.92 Å². The van der Waals surface area contributed by atoms with Gasteiger partial charge in [-0.1, -0.05) is 11.8 Å². The van der Waals surface area contributed by atoms with Crippen LogP contribution in [0.5, 0.6) is 0 Å². The van der Waals surface area contributed by atoms with Gasteiger partial charge in [0, 0.05) is 5.75 Å². The summed E-state index contributed by atoms with van der Waals surface area (Å²) in [6.45, 7) is 0. The van der Waals surface area contributed by atoms with Gasteiger partial charge in [0.2, 0.25) is 11.7 Å². The lowest BCUT2D eigenvalue weighted by Gasteiger charge is -2.14. The predicted molar refractivity (Wildman–Crippen MR) is 39.8 cm³/mol. The number of thioether (sulfide) groups is 1. The van der Waals surface area contributed by atoms with Crippen LogP contribution >= 0.6 is 11.8 Å². The van der Waals surface area contributed by atoms with Gasteiger partial charge in [0.25, 0.3) is 5.12 Å². The van der Waals surface area contributed by atoms with Crippen molar-refractivity contribution in [2.24, 2.45) is 11.7 Å². The first kappa shape index (κ1) is 8.26. The van der Waals surface area contributed by atoms with E-state index in [0.29, 0.717) is 12.2 Å². The number of hydrogen-bond donors (Lipinski definition) is 1. The van der Waals surface area contributed by atoms with E-state index in [0.717, 1.165) is 11.8 Å². The molecule has 60 valence electrons. The minimum absolute atomic E-state index is 0.393. The molecule has 0 aromatic heterocycles. The van der Waals surface area contributed by atoms with Gasteiger partial charge in [-0.25, -0.2) is 0 Å². The van der Waals surface area contributed by atoms with E-state index in [1.54, 1.807) is 0 Å². The molecule has 0 saturated carbocycles. The Hall–Kier alpha value is -0.840. The van der Waals surface area contributed by atoms with E-state index in [1.807, 2.05) is 0 Å². The number of primary amides is 1. The van der Waals surface area contributed by atoms with Gasteiger partial charge in [-0.15, -0.1) is 0 Å². The molecule has 0 aromatic carbocycles. The van der Waals surface area contributed by atoms with Crippen LogP contribution < -0.4 is 5.73 Å². The molecule has 1 aliphatic heterocycles. The topological polar surface area (TPSA) is 77.2 Å². The zero-order valence-electron chi connectivity index (χ0n) is 5.70. The van der Waals surface area contributed by atoms with Crippen molar-refractivity contribution in [2.75, 3.05) is 5.75 Å². The van der Waals surface area contributed by atoms with Crippen LogP contribution in [0.3, 0.4) is 0 Å². The van der Waals surface area contributed by atoms with E-state index in [-0.39, 0.29) is 0 Å². The molecule has 0 aliphatic carbocycles. The Morgan fingerprint density at radius 1 is 1.55 bits per heavy atom. The number of rotatable bonds is 1. The highest BCUT2D eigenvalue weighted by Gasteiger charge is 2.33. The average Bonchev–Trinajstić information content (AvgIpc) is 1.94. The third kappa shape index (κ3) is 1.59. The van der Waals surface area contributed by atoms with E-state index >= 15 is 0 Å². The third-order valence-electron chi connectivity index (χ3n) is 1.50. The molecule has 0 radical (unpaired) electrons. The van der Waals surface area contributed by atoms with E-state index in [9.17, 15) is 14.4 Å². The Kier molecular flexibility index (Phi) is 2.28. The lowest BCUT2D eigenvalue weighted by Crippen LogP contribution is -2.37. The second kappa shape index (κ2) is 3.04. The molecule has 1 heterocycles. The fourth-order valence-corrected chi connectivity index (χ4v) is 1.71. The molecule has 0 aromatic rings. The molecule has 5 heteroatoms. The highest BCUT2D eigenvalue weighted by Crippen LogP contribution is 2.20. The summed E-state index contributed by atoms with van der Waals surface area (Å²) in [6, 6.07) is 0. The quantitative estimate of drug-likeness (QED) is 0.421. The molecule has 1 saturated heterocycles. The van der Waals surface area contributed by atoms with Crippen molar-refractivity contribution >= 4 is 28.6 Å². The minimum atomic E-state index is -0.872. The van der Waals surface area contributed by atoms with Gasteiger partial charge >= 0.3 is 0 Å². The molecule has 0 bridgehead atoms. The molecular formula is C6H7NO3S. The summed E-state index contributed by atoms with van der Waals surface area (Å²) < 4.78 is 0. The molecule has 1 atom stereocenters. The molecule has 1 aliphatic rings. The Bertz CT molecular complexity index is 226. The van der Waals surface area contributed by atoms with Gasteiger partial charge < -0.3 is 5.73 Å². The number of carbonyl (C=O) groups excluding carboxylic acids is 3. The number of hydrogen-bond acceptors (Lipinski definition) is 4. The van der Waals surface area contributed by atoms with Crippen LogP contribution in [0, 0.1) is 5.92 Å². The summed E-state index contributed by atoms with van der Waals surface area (Å²) >= 11 is 0.951. The van der Waals surface area contributed by atoms with Crippen molar-refractivity contribution in [1.82, 2.24) is 0 Å². The van der Waals surface area contributed by atoms with Crippen LogP contribution in [0.25, 0.3) is 0 Å². The van der Waals surface area contributed by atoms with Crippen molar-refractivity contribution in [3.63, 3.8) is 0 Å². The summed E-state index contributed by atoms with van der Waals surface area (Å²) in [5.41, 5.74) is 4.90. The molecule has 2 N–H and O–H groups in total. The maximum atomic E-state index is 10.9. The Morgan fingerprint density at radius 2 is 2.18 bits per heavy atom. The average molecular weight is 173 g/mol. The van der Waals surface area contributed by atoms with Crippen LogP contribution in [0.2, 0.25) is 0 Å². The second-order valence-corrected chi connectivity index (χ2v) is 3.31. The third-order valence-corrected chi connectivity index (χ3v) is 2.40. The van der Waals surface area contributed by atoms with E-state index in [4.69, 9.17) is 5.73 Å². The molecular weight excluding hydrogens is 166 g/mol. The smallest absolute Gasteiger partial charge is 0.255 e. The van der Waals surface area contributed by atoms with E-state index in [1.165, 1.54) is 0 Å². The number of carbonyl (C=O) groups is 3. The zero-order chi connectivity index (χ0) is 8.43. The first-order valence-electron chi connectivity index (χ1n) is 3.13. The van der Waals surface area contributed by atoms with Crippen LogP contribution in [0.15, 0.2) is 0 Å². The van der Waals surface area contributed by atoms with Gasteiger partial charge in [-0.2, -0.15) is 0 Å². The van der Waals surface area contributed by atoms with Crippen LogP contribution in [0.4, 0.5) is 0 Å². The largest absolute Gasteiger partial charge is 0.369 e. The molecule has 1 amide bonds. The van der Waals surface area contributed by atoms with Crippen molar-refractivity contribution < 1.29 is 14.4 Å². The highest BCUT2D eigenvalue weighted by atomic mass is 32.2. The molecule has 4 nitrogen and oxygen atoms in total. The second-order valence-electron chi connectivity index (χ2n) is 2.24. The Balaban J connectivity index is 2.74. The normalized spacial score (nSPS) is 25.3. The summed E-state index contributed by atoms with van der Waals surface area (Å²) in [7, 11) is 0. The molecule has 11 heavy (non-hydrogen) atoms. The summed E-state index contributed by atoms with van der Waals surface area (Å²) in [6.07, 6.45) is 0.393. The number of Topliss-reactive ketones (excluding diaryl/α,β-unsaturated/α-hetero) is 1. The zero-order valence-corrected chi connectivity index (χ0v) is 6.52. The lowest BCUT2D eigenvalue weighted by molar-refractivity contribution is -0.139. The molecule has 1 fully saturated rings. The molecule has 0 spiro atoms. The first-order valence-corrected chi connectivity index (χ1v) is 4.12. The Morgan fingerprint density at radius 3 is 2.64 bits per heavy atom. The number of ketones is 1. The number of nitrogens with two attached hydrogens (primary N) is 1. The van der Waals surface area contributed by atoms with Gasteiger partial charge in [-0.3, -0.25) is 14.4 Å². The van der Waals surface area contributed by atoms with Crippen molar-refractivity contribution in [1.29, 1.82) is 0 Å². The summed E-state index contributed by atoms with van der Waals surface area (Å²) in [5.74, 6) is -1.70. The standard InChI is InChI=1S/C6H7NO3S/c7-5(9)3-1-2-11-6(10)4(3)8/h3H,1-2H2,(H2,7,9). The SMILES string of the molecule is NC(=O)C1CCSC(=O)C1=O. The van der Waals surface area contributed by atoms with E-state index < -0.39 is 22.7 Å². The van der Waals surface area contributed by atoms with Gasteiger partial charge in [0.15, 0.2) is 0 Å². The fraction of sp³-hybridized carbons (Fsp3) is 0.500.